The van der Waals surface area contributed by atoms with Crippen molar-refractivity contribution in [1.29, 1.82) is 0 Å². The normalized spacial score (nSPS) is 13.6. The van der Waals surface area contributed by atoms with Gasteiger partial charge in [0.2, 0.25) is 0 Å². The molecule has 0 N–H and O–H groups in total. The molecule has 0 aliphatic heterocycles. The fourth-order valence-corrected chi connectivity index (χ4v) is 2.16. The van der Waals surface area contributed by atoms with Crippen LogP contribution >= 0.6 is 0 Å². The van der Waals surface area contributed by atoms with Crippen LogP contribution < -0.4 is 0 Å². The van der Waals surface area contributed by atoms with E-state index in [0.717, 1.165) is 5.56 Å². The van der Waals surface area contributed by atoms with Gasteiger partial charge in [-0.05, 0) is 32.3 Å². The first-order valence-electron chi connectivity index (χ1n) is 7.07. The van der Waals surface area contributed by atoms with Gasteiger partial charge in [-0.3, -0.25) is 9.59 Å². The molecule has 0 aromatic heterocycles. The quantitative estimate of drug-likeness (QED) is 0.415. The molecular formula is C18H22O3. The van der Waals surface area contributed by atoms with Gasteiger partial charge >= 0.3 is 5.97 Å². The van der Waals surface area contributed by atoms with Crippen molar-refractivity contribution in [3.63, 3.8) is 0 Å². The Bertz CT molecular complexity index is 517. The molecule has 0 amide bonds. The van der Waals surface area contributed by atoms with Crippen molar-refractivity contribution in [3.8, 4) is 0 Å². The lowest BCUT2D eigenvalue weighted by atomic mass is 9.77. The highest BCUT2D eigenvalue weighted by molar-refractivity contribution is 6.03. The Kier molecular flexibility index (Phi) is 6.60. The minimum Gasteiger partial charge on any atom is -0.465 e. The third-order valence-corrected chi connectivity index (χ3v) is 3.41. The van der Waals surface area contributed by atoms with E-state index in [9.17, 15) is 9.59 Å². The molecule has 0 aliphatic rings. The Labute approximate surface area is 126 Å². The number of benzene rings is 1. The van der Waals surface area contributed by atoms with Crippen LogP contribution in [0.15, 0.2) is 49.1 Å². The monoisotopic (exact) mass is 286 g/mol. The minimum absolute atomic E-state index is 0.196. The predicted octanol–water partition coefficient (Wildman–Crippen LogP) is 3.80. The number of carbonyl (C=O) groups is 2. The van der Waals surface area contributed by atoms with Crippen molar-refractivity contribution < 1.29 is 14.3 Å². The summed E-state index contributed by atoms with van der Waals surface area (Å²) < 4.78 is 5.08. The molecule has 0 aliphatic carbocycles. The van der Waals surface area contributed by atoms with E-state index >= 15 is 0 Å². The van der Waals surface area contributed by atoms with E-state index in [1.165, 1.54) is 6.92 Å². The Morgan fingerprint density at radius 1 is 1.24 bits per heavy atom. The van der Waals surface area contributed by atoms with E-state index in [0.29, 0.717) is 6.42 Å². The van der Waals surface area contributed by atoms with Crippen LogP contribution in [0.2, 0.25) is 0 Å². The van der Waals surface area contributed by atoms with Crippen LogP contribution in [-0.2, 0) is 14.3 Å². The molecule has 0 unspecified atom stereocenters. The zero-order valence-corrected chi connectivity index (χ0v) is 12.7. The number of ether oxygens (including phenoxy) is 1. The summed E-state index contributed by atoms with van der Waals surface area (Å²) >= 11 is 0. The maximum Gasteiger partial charge on any atom is 0.320 e. The molecule has 0 heterocycles. The molecular weight excluding hydrogens is 264 g/mol. The number of hydrogen-bond acceptors (Lipinski definition) is 3. The van der Waals surface area contributed by atoms with Crippen LogP contribution in [0.25, 0.3) is 6.08 Å². The Morgan fingerprint density at radius 3 is 2.43 bits per heavy atom. The number of carbonyl (C=O) groups excluding carboxylic acids is 2. The van der Waals surface area contributed by atoms with Gasteiger partial charge in [-0.2, -0.15) is 0 Å². The minimum atomic E-state index is -1.16. The van der Waals surface area contributed by atoms with Crippen molar-refractivity contribution >= 4 is 17.8 Å². The molecule has 0 bridgehead atoms. The van der Waals surface area contributed by atoms with Gasteiger partial charge in [-0.25, -0.2) is 0 Å². The fourth-order valence-electron chi connectivity index (χ4n) is 2.16. The first-order valence-corrected chi connectivity index (χ1v) is 7.07. The highest BCUT2D eigenvalue weighted by atomic mass is 16.5. The second-order valence-electron chi connectivity index (χ2n) is 4.87. The maximum absolute atomic E-state index is 12.2. The van der Waals surface area contributed by atoms with Gasteiger partial charge in [0.25, 0.3) is 0 Å². The second kappa shape index (κ2) is 8.20. The largest absolute Gasteiger partial charge is 0.465 e. The molecule has 0 fully saturated rings. The van der Waals surface area contributed by atoms with Gasteiger partial charge < -0.3 is 4.74 Å². The van der Waals surface area contributed by atoms with Gasteiger partial charge in [-0.15, -0.1) is 6.58 Å². The summed E-state index contributed by atoms with van der Waals surface area (Å²) in [4.78, 5) is 24.2. The molecule has 0 radical (unpaired) electrons. The van der Waals surface area contributed by atoms with Crippen LogP contribution in [-0.4, -0.2) is 18.4 Å². The van der Waals surface area contributed by atoms with E-state index in [2.05, 4.69) is 6.58 Å². The molecule has 112 valence electrons. The van der Waals surface area contributed by atoms with Crippen molar-refractivity contribution in [3.05, 3.63) is 54.6 Å². The van der Waals surface area contributed by atoms with E-state index in [4.69, 9.17) is 4.74 Å². The molecule has 0 saturated carbocycles. The summed E-state index contributed by atoms with van der Waals surface area (Å²) in [5, 5.41) is 0. The van der Waals surface area contributed by atoms with Crippen molar-refractivity contribution in [1.82, 2.24) is 0 Å². The first-order chi connectivity index (χ1) is 10.1. The maximum atomic E-state index is 12.2. The van der Waals surface area contributed by atoms with Gasteiger partial charge in [-0.1, -0.05) is 48.6 Å². The lowest BCUT2D eigenvalue weighted by Crippen LogP contribution is -2.38. The lowest BCUT2D eigenvalue weighted by molar-refractivity contribution is -0.159. The molecule has 1 atom stereocenters. The molecule has 3 nitrogen and oxygen atoms in total. The standard InChI is InChI=1S/C18H22O3/c1-4-13-18(15(3)19,17(20)21-5-2)14-9-12-16-10-7-6-8-11-16/h4,6-12H,1,5,13-14H2,2-3H3/b12-9+/t18-/m1/s1. The van der Waals surface area contributed by atoms with Crippen molar-refractivity contribution in [2.75, 3.05) is 6.61 Å². The smallest absolute Gasteiger partial charge is 0.320 e. The molecule has 0 saturated heterocycles. The molecule has 0 spiro atoms. The lowest BCUT2D eigenvalue weighted by Gasteiger charge is -2.26. The molecule has 1 rings (SSSR count). The SMILES string of the molecule is C=CC[C@@](C/C=C/c1ccccc1)(C(C)=O)C(=O)OCC. The number of rotatable bonds is 8. The topological polar surface area (TPSA) is 43.4 Å². The highest BCUT2D eigenvalue weighted by Crippen LogP contribution is 2.31. The zero-order chi connectivity index (χ0) is 15.7. The summed E-state index contributed by atoms with van der Waals surface area (Å²) in [7, 11) is 0. The van der Waals surface area contributed by atoms with E-state index in [-0.39, 0.29) is 18.8 Å². The summed E-state index contributed by atoms with van der Waals surface area (Å²) in [6.07, 6.45) is 5.92. The van der Waals surface area contributed by atoms with Gasteiger partial charge in [0, 0.05) is 0 Å². The van der Waals surface area contributed by atoms with Crippen LogP contribution in [0.5, 0.6) is 0 Å². The van der Waals surface area contributed by atoms with Gasteiger partial charge in [0.05, 0.1) is 6.61 Å². The van der Waals surface area contributed by atoms with E-state index in [1.54, 1.807) is 13.0 Å². The third kappa shape index (κ3) is 4.42. The Hall–Kier alpha value is -2.16. The number of esters is 1. The van der Waals surface area contributed by atoms with Crippen LogP contribution in [0.4, 0.5) is 0 Å². The van der Waals surface area contributed by atoms with E-state index < -0.39 is 11.4 Å². The summed E-state index contributed by atoms with van der Waals surface area (Å²) in [6, 6.07) is 9.74. The fraction of sp³-hybridized carbons (Fsp3) is 0.333. The zero-order valence-electron chi connectivity index (χ0n) is 12.7. The van der Waals surface area contributed by atoms with Crippen molar-refractivity contribution in [2.24, 2.45) is 5.41 Å². The summed E-state index contributed by atoms with van der Waals surface area (Å²) in [5.41, 5.74) is -0.138. The molecule has 21 heavy (non-hydrogen) atoms. The number of hydrogen-bond donors (Lipinski definition) is 0. The third-order valence-electron chi connectivity index (χ3n) is 3.41. The first kappa shape index (κ1) is 16.9. The average Bonchev–Trinajstić information content (AvgIpc) is 2.47. The summed E-state index contributed by atoms with van der Waals surface area (Å²) in [6.45, 7) is 7.07. The Morgan fingerprint density at radius 2 is 1.90 bits per heavy atom. The number of allylic oxidation sites excluding steroid dienone is 2. The van der Waals surface area contributed by atoms with Crippen molar-refractivity contribution in [2.45, 2.75) is 26.7 Å². The summed E-state index contributed by atoms with van der Waals surface area (Å²) in [5.74, 6) is -0.673. The van der Waals surface area contributed by atoms with Gasteiger partial charge in [0.1, 0.15) is 11.2 Å². The van der Waals surface area contributed by atoms with Crippen LogP contribution in [0.1, 0.15) is 32.3 Å². The number of ketones is 1. The molecule has 1 aromatic rings. The van der Waals surface area contributed by atoms with Crippen LogP contribution in [0.3, 0.4) is 0 Å². The molecule has 3 heteroatoms. The second-order valence-corrected chi connectivity index (χ2v) is 4.87. The average molecular weight is 286 g/mol. The predicted molar refractivity (Wildman–Crippen MR) is 84.7 cm³/mol. The molecule has 1 aromatic carbocycles. The van der Waals surface area contributed by atoms with E-state index in [1.807, 2.05) is 42.5 Å². The highest BCUT2D eigenvalue weighted by Gasteiger charge is 2.42. The van der Waals surface area contributed by atoms with Gasteiger partial charge in [0.15, 0.2) is 0 Å². The van der Waals surface area contributed by atoms with Crippen LogP contribution in [0, 0.1) is 5.41 Å². The number of Topliss-reactive ketones (excluding diaryl/α,β-unsaturated/α-hetero) is 1. The Balaban J connectivity index is 2.96.